The van der Waals surface area contributed by atoms with Gasteiger partial charge in [-0.15, -0.1) is 11.3 Å². The van der Waals surface area contributed by atoms with Crippen molar-refractivity contribution >= 4 is 27.3 Å². The number of sulfonamides is 1. The zero-order chi connectivity index (χ0) is 22.6. The lowest BCUT2D eigenvalue weighted by atomic mass is 10.1. The van der Waals surface area contributed by atoms with Gasteiger partial charge in [-0.1, -0.05) is 55.3 Å². The normalized spacial score (nSPS) is 14.8. The van der Waals surface area contributed by atoms with Crippen molar-refractivity contribution in [2.24, 2.45) is 5.92 Å². The first-order valence-electron chi connectivity index (χ1n) is 10.6. The molecular weight excluding hydrogens is 442 g/mol. The average molecular weight is 469 g/mol. The molecule has 3 aromatic rings. The van der Waals surface area contributed by atoms with Crippen LogP contribution in [0.4, 0.5) is 0 Å². The summed E-state index contributed by atoms with van der Waals surface area (Å²) in [6, 6.07) is 15.1. The maximum atomic E-state index is 13.2. The molecule has 1 amide bonds. The Morgan fingerprint density at radius 2 is 1.97 bits per heavy atom. The number of nitrogens with zero attached hydrogens (tertiary/aromatic N) is 1. The lowest BCUT2D eigenvalue weighted by molar-refractivity contribution is -0.122. The molecule has 1 fully saturated rings. The third kappa shape index (κ3) is 6.03. The van der Waals surface area contributed by atoms with E-state index in [1.807, 2.05) is 48.7 Å². The van der Waals surface area contributed by atoms with Crippen molar-refractivity contribution in [2.45, 2.75) is 43.5 Å². The summed E-state index contributed by atoms with van der Waals surface area (Å²) in [7, 11) is -3.93. The maximum absolute atomic E-state index is 13.2. The minimum Gasteiger partial charge on any atom is -0.350 e. The first kappa shape index (κ1) is 22.6. The SMILES string of the molecule is Cc1nc(-c2cccc(S(=O)(=O)N[C@@H](Cc3ccccc3)C(=O)N[CH]CC3CC3)c2)cs1. The highest BCUT2D eigenvalue weighted by molar-refractivity contribution is 7.89. The standard InChI is InChI=1S/C24H26N3O3S2/c1-17-26-23(16-31-17)20-8-5-9-21(15-20)32(29,30)27-22(14-19-6-3-2-4-7-19)24(28)25-13-12-18-10-11-18/h2-9,13,15-16,18,22,27H,10-12,14H2,1H3,(H,25,28)/t22-/m0/s1. The summed E-state index contributed by atoms with van der Waals surface area (Å²) in [6.45, 7) is 3.65. The van der Waals surface area contributed by atoms with Gasteiger partial charge in [-0.05, 0) is 43.4 Å². The third-order valence-electron chi connectivity index (χ3n) is 5.35. The van der Waals surface area contributed by atoms with Crippen LogP contribution in [0, 0.1) is 19.4 Å². The average Bonchev–Trinajstić information content (AvgIpc) is 3.51. The summed E-state index contributed by atoms with van der Waals surface area (Å²) in [5, 5.41) is 5.60. The van der Waals surface area contributed by atoms with Crippen LogP contribution < -0.4 is 10.0 Å². The van der Waals surface area contributed by atoms with Gasteiger partial charge in [0.05, 0.1) is 15.6 Å². The lowest BCUT2D eigenvalue weighted by Crippen LogP contribution is -2.47. The van der Waals surface area contributed by atoms with E-state index in [0.29, 0.717) is 5.92 Å². The number of aromatic nitrogens is 1. The Hall–Kier alpha value is -2.55. The molecule has 1 saturated carbocycles. The Labute approximate surface area is 193 Å². The number of amides is 1. The van der Waals surface area contributed by atoms with Crippen molar-refractivity contribution in [2.75, 3.05) is 0 Å². The van der Waals surface area contributed by atoms with Gasteiger partial charge in [0.15, 0.2) is 0 Å². The molecule has 1 atom stereocenters. The molecule has 167 valence electrons. The topological polar surface area (TPSA) is 88.2 Å². The van der Waals surface area contributed by atoms with Crippen molar-refractivity contribution in [3.63, 3.8) is 0 Å². The Bertz CT molecular complexity index is 1170. The lowest BCUT2D eigenvalue weighted by Gasteiger charge is -2.19. The molecule has 1 aliphatic rings. The van der Waals surface area contributed by atoms with E-state index in [4.69, 9.17) is 0 Å². The minimum atomic E-state index is -3.93. The van der Waals surface area contributed by atoms with E-state index in [0.717, 1.165) is 28.2 Å². The van der Waals surface area contributed by atoms with E-state index in [-0.39, 0.29) is 17.2 Å². The van der Waals surface area contributed by atoms with Gasteiger partial charge in [-0.2, -0.15) is 4.72 Å². The molecule has 0 bridgehead atoms. The minimum absolute atomic E-state index is 0.105. The second kappa shape index (κ2) is 9.94. The van der Waals surface area contributed by atoms with Crippen LogP contribution in [0.25, 0.3) is 11.3 Å². The Balaban J connectivity index is 1.53. The van der Waals surface area contributed by atoms with Crippen LogP contribution in [-0.4, -0.2) is 25.4 Å². The second-order valence-electron chi connectivity index (χ2n) is 8.03. The molecule has 4 rings (SSSR count). The fraction of sp³-hybridized carbons (Fsp3) is 0.292. The molecule has 32 heavy (non-hydrogen) atoms. The quantitative estimate of drug-likeness (QED) is 0.469. The summed E-state index contributed by atoms with van der Waals surface area (Å²) in [5.74, 6) is 0.279. The molecule has 1 aromatic heterocycles. The fourth-order valence-corrected chi connectivity index (χ4v) is 5.25. The van der Waals surface area contributed by atoms with Crippen LogP contribution >= 0.6 is 11.3 Å². The van der Waals surface area contributed by atoms with Gasteiger partial charge >= 0.3 is 0 Å². The van der Waals surface area contributed by atoms with Crippen molar-refractivity contribution in [3.8, 4) is 11.3 Å². The van der Waals surface area contributed by atoms with E-state index in [1.165, 1.54) is 30.2 Å². The monoisotopic (exact) mass is 468 g/mol. The molecule has 2 N–H and O–H groups in total. The third-order valence-corrected chi connectivity index (χ3v) is 7.59. The number of rotatable bonds is 10. The molecule has 1 radical (unpaired) electrons. The number of carbonyl (C=O) groups is 1. The highest BCUT2D eigenvalue weighted by atomic mass is 32.2. The van der Waals surface area contributed by atoms with Crippen molar-refractivity contribution in [1.82, 2.24) is 15.0 Å². The van der Waals surface area contributed by atoms with Gasteiger partial charge in [0.1, 0.15) is 6.04 Å². The van der Waals surface area contributed by atoms with E-state index in [2.05, 4.69) is 15.0 Å². The predicted molar refractivity (Wildman–Crippen MR) is 126 cm³/mol. The maximum Gasteiger partial charge on any atom is 0.241 e. The number of thiazole rings is 1. The number of hydrogen-bond donors (Lipinski definition) is 2. The van der Waals surface area contributed by atoms with Crippen molar-refractivity contribution in [3.05, 3.63) is 77.1 Å². The second-order valence-corrected chi connectivity index (χ2v) is 10.8. The zero-order valence-electron chi connectivity index (χ0n) is 17.8. The predicted octanol–water partition coefficient (Wildman–Crippen LogP) is 4.09. The number of carbonyl (C=O) groups excluding carboxylic acids is 1. The van der Waals surface area contributed by atoms with Crippen LogP contribution in [0.15, 0.2) is 64.9 Å². The molecule has 6 nitrogen and oxygen atoms in total. The first-order valence-corrected chi connectivity index (χ1v) is 13.0. The zero-order valence-corrected chi connectivity index (χ0v) is 19.5. The first-order chi connectivity index (χ1) is 15.4. The summed E-state index contributed by atoms with van der Waals surface area (Å²) >= 11 is 1.51. The highest BCUT2D eigenvalue weighted by Gasteiger charge is 2.27. The summed E-state index contributed by atoms with van der Waals surface area (Å²) < 4.78 is 29.0. The summed E-state index contributed by atoms with van der Waals surface area (Å²) in [4.78, 5) is 17.4. The summed E-state index contributed by atoms with van der Waals surface area (Å²) in [5.41, 5.74) is 2.33. The number of hydrogen-bond acceptors (Lipinski definition) is 5. The van der Waals surface area contributed by atoms with Gasteiger partial charge < -0.3 is 5.32 Å². The molecule has 2 aromatic carbocycles. The largest absolute Gasteiger partial charge is 0.350 e. The molecule has 0 saturated heterocycles. The van der Waals surface area contributed by atoms with Crippen LogP contribution in [-0.2, 0) is 21.2 Å². The molecular formula is C24H26N3O3S2. The van der Waals surface area contributed by atoms with Gasteiger partial charge in [0, 0.05) is 17.5 Å². The van der Waals surface area contributed by atoms with Crippen molar-refractivity contribution < 1.29 is 13.2 Å². The molecule has 0 unspecified atom stereocenters. The van der Waals surface area contributed by atoms with Gasteiger partial charge in [0.2, 0.25) is 15.9 Å². The van der Waals surface area contributed by atoms with E-state index in [9.17, 15) is 13.2 Å². The number of aryl methyl sites for hydroxylation is 1. The molecule has 8 heteroatoms. The van der Waals surface area contributed by atoms with Crippen LogP contribution in [0.2, 0.25) is 0 Å². The molecule has 0 aliphatic heterocycles. The van der Waals surface area contributed by atoms with Crippen LogP contribution in [0.5, 0.6) is 0 Å². The van der Waals surface area contributed by atoms with Crippen LogP contribution in [0.1, 0.15) is 29.8 Å². The molecule has 1 aliphatic carbocycles. The fourth-order valence-electron chi connectivity index (χ4n) is 3.39. The molecule has 1 heterocycles. The van der Waals surface area contributed by atoms with Gasteiger partial charge in [0.25, 0.3) is 0 Å². The van der Waals surface area contributed by atoms with Gasteiger partial charge in [-0.3, -0.25) is 4.79 Å². The number of nitrogens with one attached hydrogen (secondary N) is 2. The Morgan fingerprint density at radius 1 is 1.19 bits per heavy atom. The Kier molecular flexibility index (Phi) is 7.03. The summed E-state index contributed by atoms with van der Waals surface area (Å²) in [6.07, 6.45) is 3.43. The van der Waals surface area contributed by atoms with Gasteiger partial charge in [-0.25, -0.2) is 13.4 Å². The molecule has 0 spiro atoms. The smallest absolute Gasteiger partial charge is 0.241 e. The van der Waals surface area contributed by atoms with Crippen LogP contribution in [0.3, 0.4) is 0 Å². The van der Waals surface area contributed by atoms with E-state index < -0.39 is 16.1 Å². The Morgan fingerprint density at radius 3 is 2.66 bits per heavy atom. The van der Waals surface area contributed by atoms with E-state index >= 15 is 0 Å². The number of benzene rings is 2. The highest BCUT2D eigenvalue weighted by Crippen LogP contribution is 2.32. The van der Waals surface area contributed by atoms with E-state index in [1.54, 1.807) is 18.7 Å². The van der Waals surface area contributed by atoms with Crippen molar-refractivity contribution in [1.29, 1.82) is 0 Å².